The number of hydrogen-bond acceptors (Lipinski definition) is 7. The minimum absolute atomic E-state index is 0.131. The normalized spacial score (nSPS) is 13.8. The zero-order valence-corrected chi connectivity index (χ0v) is 18.9. The molecular formula is C25H21ClFN5O2. The number of anilines is 1. The van der Waals surface area contributed by atoms with E-state index in [9.17, 15) is 9.18 Å². The highest BCUT2D eigenvalue weighted by Crippen LogP contribution is 2.27. The van der Waals surface area contributed by atoms with Crippen LogP contribution in [0.4, 0.5) is 10.2 Å². The third kappa shape index (κ3) is 4.83. The Morgan fingerprint density at radius 2 is 1.82 bits per heavy atom. The van der Waals surface area contributed by atoms with Gasteiger partial charge in [0.2, 0.25) is 0 Å². The molecular weight excluding hydrogens is 457 g/mol. The SMILES string of the molecule is O=C(OCc1ccnc(N2CCNCC2)c1)c1ccc2nc(Cl)c(-c3ccc(F)cc3)nc2c1. The molecule has 0 atom stereocenters. The van der Waals surface area contributed by atoms with Crippen LogP contribution < -0.4 is 10.2 Å². The monoisotopic (exact) mass is 477 g/mol. The fraction of sp³-hybridized carbons (Fsp3) is 0.200. The summed E-state index contributed by atoms with van der Waals surface area (Å²) >= 11 is 6.30. The summed E-state index contributed by atoms with van der Waals surface area (Å²) in [5.74, 6) is 0.0525. The maximum Gasteiger partial charge on any atom is 0.338 e. The van der Waals surface area contributed by atoms with E-state index in [1.54, 1.807) is 36.5 Å². The zero-order chi connectivity index (χ0) is 23.5. The molecule has 34 heavy (non-hydrogen) atoms. The Balaban J connectivity index is 1.33. The summed E-state index contributed by atoms with van der Waals surface area (Å²) in [5, 5.41) is 3.52. The Labute approximate surface area is 200 Å². The fourth-order valence-electron chi connectivity index (χ4n) is 3.80. The smallest absolute Gasteiger partial charge is 0.338 e. The van der Waals surface area contributed by atoms with E-state index in [4.69, 9.17) is 16.3 Å². The number of benzene rings is 2. The Morgan fingerprint density at radius 3 is 2.62 bits per heavy atom. The van der Waals surface area contributed by atoms with Crippen LogP contribution in [-0.2, 0) is 11.3 Å². The second kappa shape index (κ2) is 9.70. The molecule has 172 valence electrons. The Morgan fingerprint density at radius 1 is 1.03 bits per heavy atom. The highest BCUT2D eigenvalue weighted by Gasteiger charge is 2.15. The third-order valence-corrected chi connectivity index (χ3v) is 5.86. The van der Waals surface area contributed by atoms with Crippen molar-refractivity contribution in [2.24, 2.45) is 0 Å². The average Bonchev–Trinajstić information content (AvgIpc) is 2.88. The van der Waals surface area contributed by atoms with Gasteiger partial charge in [0.25, 0.3) is 0 Å². The summed E-state index contributed by atoms with van der Waals surface area (Å²) in [5.41, 5.74) is 3.29. The topological polar surface area (TPSA) is 80.2 Å². The van der Waals surface area contributed by atoms with E-state index in [0.717, 1.165) is 37.6 Å². The van der Waals surface area contributed by atoms with Crippen LogP contribution in [0, 0.1) is 5.82 Å². The zero-order valence-electron chi connectivity index (χ0n) is 18.2. The van der Waals surface area contributed by atoms with Crippen LogP contribution in [0.3, 0.4) is 0 Å². The minimum Gasteiger partial charge on any atom is -0.457 e. The summed E-state index contributed by atoms with van der Waals surface area (Å²) in [6.45, 7) is 3.74. The molecule has 9 heteroatoms. The van der Waals surface area contributed by atoms with Gasteiger partial charge in [0.1, 0.15) is 23.9 Å². The van der Waals surface area contributed by atoms with E-state index in [1.807, 2.05) is 12.1 Å². The van der Waals surface area contributed by atoms with Gasteiger partial charge in [-0.15, -0.1) is 0 Å². The molecule has 7 nitrogen and oxygen atoms in total. The summed E-state index contributed by atoms with van der Waals surface area (Å²) in [7, 11) is 0. The maximum atomic E-state index is 13.3. The van der Waals surface area contributed by atoms with Crippen LogP contribution in [0.15, 0.2) is 60.8 Å². The molecule has 1 N–H and O–H groups in total. The van der Waals surface area contributed by atoms with Crippen LogP contribution in [0.5, 0.6) is 0 Å². The molecule has 0 saturated carbocycles. The molecule has 3 heterocycles. The molecule has 1 aliphatic rings. The molecule has 5 rings (SSSR count). The molecule has 2 aromatic carbocycles. The van der Waals surface area contributed by atoms with Crippen molar-refractivity contribution in [1.29, 1.82) is 0 Å². The summed E-state index contributed by atoms with van der Waals surface area (Å²) in [4.78, 5) is 28.3. The first-order chi connectivity index (χ1) is 16.6. The molecule has 4 aromatic rings. The van der Waals surface area contributed by atoms with Gasteiger partial charge in [-0.25, -0.2) is 24.1 Å². The van der Waals surface area contributed by atoms with Crippen LogP contribution in [-0.4, -0.2) is 47.1 Å². The van der Waals surface area contributed by atoms with E-state index in [-0.39, 0.29) is 17.6 Å². The number of nitrogens with one attached hydrogen (secondary N) is 1. The predicted octanol–water partition coefficient (Wildman–Crippen LogP) is 4.25. The number of carbonyl (C=O) groups excluding carboxylic acids is 1. The van der Waals surface area contributed by atoms with Crippen molar-refractivity contribution in [2.75, 3.05) is 31.1 Å². The van der Waals surface area contributed by atoms with E-state index in [0.29, 0.717) is 27.9 Å². The number of esters is 1. The van der Waals surface area contributed by atoms with Crippen molar-refractivity contribution >= 4 is 34.4 Å². The van der Waals surface area contributed by atoms with Crippen molar-refractivity contribution in [3.63, 3.8) is 0 Å². The van der Waals surface area contributed by atoms with Crippen molar-refractivity contribution in [3.8, 4) is 11.3 Å². The predicted molar refractivity (Wildman–Crippen MR) is 128 cm³/mol. The van der Waals surface area contributed by atoms with Gasteiger partial charge in [0.05, 0.1) is 16.6 Å². The number of piperazine rings is 1. The van der Waals surface area contributed by atoms with Gasteiger partial charge in [-0.05, 0) is 60.2 Å². The van der Waals surface area contributed by atoms with Crippen LogP contribution in [0.2, 0.25) is 5.15 Å². The van der Waals surface area contributed by atoms with Crippen LogP contribution in [0.1, 0.15) is 15.9 Å². The van der Waals surface area contributed by atoms with Gasteiger partial charge in [-0.1, -0.05) is 11.6 Å². The van der Waals surface area contributed by atoms with E-state index < -0.39 is 5.97 Å². The summed E-state index contributed by atoms with van der Waals surface area (Å²) in [6, 6.07) is 14.5. The third-order valence-electron chi connectivity index (χ3n) is 5.60. The van der Waals surface area contributed by atoms with Gasteiger partial charge in [0, 0.05) is 37.9 Å². The van der Waals surface area contributed by atoms with Crippen LogP contribution >= 0.6 is 11.6 Å². The first-order valence-corrected chi connectivity index (χ1v) is 11.3. The lowest BCUT2D eigenvalue weighted by Crippen LogP contribution is -2.43. The molecule has 1 fully saturated rings. The van der Waals surface area contributed by atoms with E-state index in [1.165, 1.54) is 12.1 Å². The number of rotatable bonds is 5. The lowest BCUT2D eigenvalue weighted by molar-refractivity contribution is 0.0473. The molecule has 2 aromatic heterocycles. The summed E-state index contributed by atoms with van der Waals surface area (Å²) < 4.78 is 18.8. The highest BCUT2D eigenvalue weighted by molar-refractivity contribution is 6.32. The number of hydrogen-bond donors (Lipinski definition) is 1. The summed E-state index contributed by atoms with van der Waals surface area (Å²) in [6.07, 6.45) is 1.73. The van der Waals surface area contributed by atoms with Crippen molar-refractivity contribution in [1.82, 2.24) is 20.3 Å². The first kappa shape index (κ1) is 22.2. The standard InChI is InChI=1S/C25H21ClFN5O2/c26-24-23(17-1-4-19(27)5-2-17)30-21-14-18(3-6-20(21)31-24)25(33)34-15-16-7-8-29-22(13-16)32-11-9-28-10-12-32/h1-8,13-14,28H,9-12,15H2. The van der Waals surface area contributed by atoms with Gasteiger partial charge < -0.3 is 15.0 Å². The second-order valence-electron chi connectivity index (χ2n) is 7.91. The largest absolute Gasteiger partial charge is 0.457 e. The quantitative estimate of drug-likeness (QED) is 0.430. The molecule has 0 radical (unpaired) electrons. The molecule has 0 spiro atoms. The number of nitrogens with zero attached hydrogens (tertiary/aromatic N) is 4. The van der Waals surface area contributed by atoms with Crippen molar-refractivity contribution in [3.05, 3.63) is 82.9 Å². The van der Waals surface area contributed by atoms with Gasteiger partial charge in [-0.3, -0.25) is 0 Å². The van der Waals surface area contributed by atoms with Gasteiger partial charge in [-0.2, -0.15) is 0 Å². The second-order valence-corrected chi connectivity index (χ2v) is 8.27. The average molecular weight is 478 g/mol. The molecule has 0 amide bonds. The van der Waals surface area contributed by atoms with E-state index in [2.05, 4.69) is 25.2 Å². The Hall–Kier alpha value is -3.62. The van der Waals surface area contributed by atoms with E-state index >= 15 is 0 Å². The number of fused-ring (bicyclic) bond motifs is 1. The fourth-order valence-corrected chi connectivity index (χ4v) is 4.04. The lowest BCUT2D eigenvalue weighted by Gasteiger charge is -2.28. The number of ether oxygens (including phenoxy) is 1. The lowest BCUT2D eigenvalue weighted by atomic mass is 10.1. The van der Waals surface area contributed by atoms with Gasteiger partial charge in [0.15, 0.2) is 5.15 Å². The van der Waals surface area contributed by atoms with Crippen molar-refractivity contribution in [2.45, 2.75) is 6.61 Å². The van der Waals surface area contributed by atoms with Gasteiger partial charge >= 0.3 is 5.97 Å². The maximum absolute atomic E-state index is 13.3. The van der Waals surface area contributed by atoms with Crippen molar-refractivity contribution < 1.29 is 13.9 Å². The molecule has 0 bridgehead atoms. The number of carbonyl (C=O) groups is 1. The molecule has 0 unspecified atom stereocenters. The first-order valence-electron chi connectivity index (χ1n) is 10.9. The minimum atomic E-state index is -0.470. The number of pyridine rings is 1. The number of aromatic nitrogens is 3. The highest BCUT2D eigenvalue weighted by atomic mass is 35.5. The van der Waals surface area contributed by atoms with Crippen LogP contribution in [0.25, 0.3) is 22.3 Å². The molecule has 1 aliphatic heterocycles. The molecule has 1 saturated heterocycles. The Kier molecular flexibility index (Phi) is 6.33. The Bertz CT molecular complexity index is 1340. The number of halogens is 2. The molecule has 0 aliphatic carbocycles.